The number of benzene rings is 3. The smallest absolute Gasteiger partial charge is 0.247 e. The van der Waals surface area contributed by atoms with Crippen LogP contribution in [0.25, 0.3) is 0 Å². The topological polar surface area (TPSA) is 61.9 Å². The largest absolute Gasteiger partial charge is 0.379 e. The zero-order valence-electron chi connectivity index (χ0n) is 20.6. The van der Waals surface area contributed by atoms with Gasteiger partial charge in [-0.25, -0.2) is 0 Å². The standard InChI is InChI=1S/C29H31Cl2N3O3/c30-25-10-6-22(7-11-25)20-27(35)34(21-23-8-12-26(31)13-9-23)28(24-4-2-1-3-5-24)29(36)32-14-15-33-16-18-37-19-17-33/h1-13,28H,14-21H2,(H,32,36). The van der Waals surface area contributed by atoms with E-state index in [0.717, 1.165) is 36.3 Å². The molecule has 1 aliphatic rings. The minimum Gasteiger partial charge on any atom is -0.379 e. The summed E-state index contributed by atoms with van der Waals surface area (Å²) in [6, 6.07) is 23.2. The number of carbonyl (C=O) groups is 2. The number of hydrogen-bond donors (Lipinski definition) is 1. The Morgan fingerprint density at radius 2 is 1.46 bits per heavy atom. The van der Waals surface area contributed by atoms with Gasteiger partial charge in [0.2, 0.25) is 11.8 Å². The Hall–Kier alpha value is -2.90. The predicted molar refractivity (Wildman–Crippen MR) is 147 cm³/mol. The number of amides is 2. The van der Waals surface area contributed by atoms with Crippen LogP contribution in [-0.4, -0.2) is 61.0 Å². The molecule has 0 bridgehead atoms. The fraction of sp³-hybridized carbons (Fsp3) is 0.310. The Bertz CT molecular complexity index is 1150. The van der Waals surface area contributed by atoms with E-state index in [2.05, 4.69) is 10.2 Å². The molecule has 3 aromatic carbocycles. The second-order valence-corrected chi connectivity index (χ2v) is 9.88. The van der Waals surface area contributed by atoms with Gasteiger partial charge < -0.3 is 15.0 Å². The van der Waals surface area contributed by atoms with Crippen molar-refractivity contribution in [2.75, 3.05) is 39.4 Å². The number of rotatable bonds is 10. The van der Waals surface area contributed by atoms with Crippen molar-refractivity contribution in [2.24, 2.45) is 0 Å². The molecule has 0 spiro atoms. The highest BCUT2D eigenvalue weighted by atomic mass is 35.5. The van der Waals surface area contributed by atoms with E-state index in [1.165, 1.54) is 0 Å². The maximum absolute atomic E-state index is 13.8. The number of morpholine rings is 1. The van der Waals surface area contributed by atoms with Crippen molar-refractivity contribution < 1.29 is 14.3 Å². The highest BCUT2D eigenvalue weighted by molar-refractivity contribution is 6.30. The third kappa shape index (κ3) is 8.04. The van der Waals surface area contributed by atoms with E-state index in [0.29, 0.717) is 29.8 Å². The summed E-state index contributed by atoms with van der Waals surface area (Å²) in [6.45, 7) is 4.58. The summed E-state index contributed by atoms with van der Waals surface area (Å²) in [7, 11) is 0. The first-order valence-corrected chi connectivity index (χ1v) is 13.2. The van der Waals surface area contributed by atoms with Crippen molar-refractivity contribution in [3.8, 4) is 0 Å². The molecule has 1 aliphatic heterocycles. The minimum absolute atomic E-state index is 0.148. The molecule has 37 heavy (non-hydrogen) atoms. The van der Waals surface area contributed by atoms with Crippen LogP contribution in [0.2, 0.25) is 10.0 Å². The van der Waals surface area contributed by atoms with Crippen LogP contribution in [0, 0.1) is 0 Å². The zero-order chi connectivity index (χ0) is 26.0. The fourth-order valence-corrected chi connectivity index (χ4v) is 4.61. The summed E-state index contributed by atoms with van der Waals surface area (Å²) in [5.74, 6) is -0.368. The highest BCUT2D eigenvalue weighted by Crippen LogP contribution is 2.25. The van der Waals surface area contributed by atoms with Gasteiger partial charge in [-0.1, -0.05) is 77.8 Å². The van der Waals surface area contributed by atoms with E-state index < -0.39 is 6.04 Å². The highest BCUT2D eigenvalue weighted by Gasteiger charge is 2.31. The first-order chi connectivity index (χ1) is 18.0. The van der Waals surface area contributed by atoms with Gasteiger partial charge in [0.25, 0.3) is 0 Å². The summed E-state index contributed by atoms with van der Waals surface area (Å²) in [4.78, 5) is 31.4. The van der Waals surface area contributed by atoms with Gasteiger partial charge in [0.1, 0.15) is 6.04 Å². The monoisotopic (exact) mass is 539 g/mol. The molecular weight excluding hydrogens is 509 g/mol. The number of halogens is 2. The SMILES string of the molecule is O=C(NCCN1CCOCC1)C(c1ccccc1)N(Cc1ccc(Cl)cc1)C(=O)Cc1ccc(Cl)cc1. The molecule has 194 valence electrons. The van der Waals surface area contributed by atoms with Crippen molar-refractivity contribution in [1.82, 2.24) is 15.1 Å². The lowest BCUT2D eigenvalue weighted by Crippen LogP contribution is -2.46. The average Bonchev–Trinajstić information content (AvgIpc) is 2.92. The van der Waals surface area contributed by atoms with E-state index in [-0.39, 0.29) is 24.8 Å². The molecule has 1 heterocycles. The lowest BCUT2D eigenvalue weighted by Gasteiger charge is -2.32. The van der Waals surface area contributed by atoms with Crippen LogP contribution in [0.15, 0.2) is 78.9 Å². The Morgan fingerprint density at radius 3 is 2.08 bits per heavy atom. The molecule has 2 amide bonds. The van der Waals surface area contributed by atoms with Gasteiger partial charge in [-0.05, 0) is 41.0 Å². The molecule has 6 nitrogen and oxygen atoms in total. The van der Waals surface area contributed by atoms with Gasteiger partial charge in [0.15, 0.2) is 0 Å². The first kappa shape index (κ1) is 27.1. The van der Waals surface area contributed by atoms with Crippen LogP contribution < -0.4 is 5.32 Å². The minimum atomic E-state index is -0.790. The Morgan fingerprint density at radius 1 is 0.865 bits per heavy atom. The van der Waals surface area contributed by atoms with Crippen molar-refractivity contribution in [1.29, 1.82) is 0 Å². The van der Waals surface area contributed by atoms with Crippen LogP contribution in [0.5, 0.6) is 0 Å². The lowest BCUT2D eigenvalue weighted by atomic mass is 10.0. The maximum atomic E-state index is 13.8. The number of nitrogens with one attached hydrogen (secondary N) is 1. The summed E-state index contributed by atoms with van der Waals surface area (Å²) in [5, 5.41) is 4.30. The molecule has 4 rings (SSSR count). The van der Waals surface area contributed by atoms with Crippen LogP contribution in [-0.2, 0) is 27.3 Å². The van der Waals surface area contributed by atoms with Gasteiger partial charge >= 0.3 is 0 Å². The third-order valence-corrected chi connectivity index (χ3v) is 6.87. The predicted octanol–water partition coefficient (Wildman–Crippen LogP) is 4.75. The maximum Gasteiger partial charge on any atom is 0.247 e. The van der Waals surface area contributed by atoms with Crippen molar-refractivity contribution in [3.05, 3.63) is 106 Å². The second-order valence-electron chi connectivity index (χ2n) is 9.01. The van der Waals surface area contributed by atoms with Crippen molar-refractivity contribution in [2.45, 2.75) is 19.0 Å². The summed E-state index contributed by atoms with van der Waals surface area (Å²) in [5.41, 5.74) is 2.47. The molecule has 8 heteroatoms. The van der Waals surface area contributed by atoms with E-state index in [1.807, 2.05) is 54.6 Å². The molecule has 0 saturated carbocycles. The van der Waals surface area contributed by atoms with Crippen LogP contribution in [0.4, 0.5) is 0 Å². The quantitative estimate of drug-likeness (QED) is 0.403. The second kappa shape index (κ2) is 13.6. The molecule has 1 fully saturated rings. The molecule has 1 atom stereocenters. The lowest BCUT2D eigenvalue weighted by molar-refractivity contribution is -0.141. The van der Waals surface area contributed by atoms with E-state index >= 15 is 0 Å². The van der Waals surface area contributed by atoms with E-state index in [1.54, 1.807) is 29.2 Å². The summed E-state index contributed by atoms with van der Waals surface area (Å²) < 4.78 is 5.41. The van der Waals surface area contributed by atoms with Gasteiger partial charge in [0, 0.05) is 42.8 Å². The normalized spacial score (nSPS) is 14.6. The number of nitrogens with zero attached hydrogens (tertiary/aromatic N) is 2. The van der Waals surface area contributed by atoms with Gasteiger partial charge in [-0.3, -0.25) is 14.5 Å². The average molecular weight is 540 g/mol. The molecule has 1 N–H and O–H groups in total. The number of hydrogen-bond acceptors (Lipinski definition) is 4. The van der Waals surface area contributed by atoms with Gasteiger partial charge in [-0.15, -0.1) is 0 Å². The molecule has 3 aromatic rings. The van der Waals surface area contributed by atoms with Crippen molar-refractivity contribution >= 4 is 35.0 Å². The summed E-state index contributed by atoms with van der Waals surface area (Å²) in [6.07, 6.45) is 0.148. The van der Waals surface area contributed by atoms with Crippen molar-refractivity contribution in [3.63, 3.8) is 0 Å². The van der Waals surface area contributed by atoms with Crippen LogP contribution in [0.1, 0.15) is 22.7 Å². The van der Waals surface area contributed by atoms with Gasteiger partial charge in [-0.2, -0.15) is 0 Å². The molecule has 0 aromatic heterocycles. The van der Waals surface area contributed by atoms with Gasteiger partial charge in [0.05, 0.1) is 19.6 Å². The fourth-order valence-electron chi connectivity index (χ4n) is 4.36. The number of carbonyl (C=O) groups excluding carboxylic acids is 2. The van der Waals surface area contributed by atoms with Crippen LogP contribution >= 0.6 is 23.2 Å². The van der Waals surface area contributed by atoms with E-state index in [4.69, 9.17) is 27.9 Å². The molecule has 1 saturated heterocycles. The molecule has 0 aliphatic carbocycles. The third-order valence-electron chi connectivity index (χ3n) is 6.36. The Labute approximate surface area is 228 Å². The molecule has 1 unspecified atom stereocenters. The first-order valence-electron chi connectivity index (χ1n) is 12.4. The van der Waals surface area contributed by atoms with E-state index in [9.17, 15) is 9.59 Å². The zero-order valence-corrected chi connectivity index (χ0v) is 22.1. The number of ether oxygens (including phenoxy) is 1. The Kier molecular flexibility index (Phi) is 9.97. The van der Waals surface area contributed by atoms with Crippen LogP contribution in [0.3, 0.4) is 0 Å². The summed E-state index contributed by atoms with van der Waals surface area (Å²) >= 11 is 12.1. The Balaban J connectivity index is 1.59. The molecule has 0 radical (unpaired) electrons. The molecular formula is C29H31Cl2N3O3.